The molecule has 1 N–H and O–H groups in total. The molecular weight excluding hydrogens is 562 g/mol. The normalized spacial score (nSPS) is 18.1. The van der Waals surface area contributed by atoms with Crippen LogP contribution in [-0.2, 0) is 9.47 Å². The molecule has 2 aromatic carbocycles. The van der Waals surface area contributed by atoms with Gasteiger partial charge in [0.15, 0.2) is 17.3 Å². The van der Waals surface area contributed by atoms with E-state index in [9.17, 15) is 9.18 Å². The van der Waals surface area contributed by atoms with Crippen molar-refractivity contribution in [1.29, 1.82) is 0 Å². The highest BCUT2D eigenvalue weighted by molar-refractivity contribution is 6.42. The quantitative estimate of drug-likeness (QED) is 0.313. The molecule has 5 rings (SSSR count). The van der Waals surface area contributed by atoms with Crippen LogP contribution in [0.3, 0.4) is 0 Å². The van der Waals surface area contributed by atoms with Crippen molar-refractivity contribution in [2.45, 2.75) is 57.8 Å². The number of anilines is 2. The molecule has 2 saturated heterocycles. The number of likely N-dealkylation sites (tertiary alicyclic amines) is 1. The Hall–Kier alpha value is -3.08. The van der Waals surface area contributed by atoms with Crippen LogP contribution in [0.4, 0.5) is 20.7 Å². The highest BCUT2D eigenvalue weighted by Crippen LogP contribution is 2.38. The van der Waals surface area contributed by atoms with Crippen LogP contribution in [-0.4, -0.2) is 65.1 Å². The lowest BCUT2D eigenvalue weighted by Crippen LogP contribution is -2.44. The van der Waals surface area contributed by atoms with Gasteiger partial charge in [-0.1, -0.05) is 23.2 Å². The Morgan fingerprint density at radius 1 is 1.07 bits per heavy atom. The first-order valence-electron chi connectivity index (χ1n) is 13.2. The molecule has 2 aliphatic rings. The van der Waals surface area contributed by atoms with E-state index < -0.39 is 11.4 Å². The standard InChI is InChI=1S/C28H31Cl2FN4O5/c1-28(2,3)40-27(36)35-9-6-16(7-10-35)38-22-12-18-21(13-23(22)39-17-8-11-37-14-17)32-15-33-26(18)34-20-5-4-19(29)24(30)25(20)31/h4-5,12-13,15-17H,6-11,14H2,1-3H3,(H,32,33,34)/t17-/m1/s1. The fraction of sp³-hybridized carbons (Fsp3) is 0.464. The SMILES string of the molecule is CC(C)(C)OC(=O)N1CCC(Oc2cc3c(Nc4ccc(Cl)c(Cl)c4F)ncnc3cc2O[C@@H]2CCOC2)CC1. The van der Waals surface area contributed by atoms with Crippen LogP contribution < -0.4 is 14.8 Å². The number of nitrogens with one attached hydrogen (secondary N) is 1. The molecule has 0 bridgehead atoms. The summed E-state index contributed by atoms with van der Waals surface area (Å²) in [6, 6.07) is 6.58. The monoisotopic (exact) mass is 592 g/mol. The topological polar surface area (TPSA) is 95.0 Å². The van der Waals surface area contributed by atoms with E-state index >= 15 is 0 Å². The van der Waals surface area contributed by atoms with Crippen molar-refractivity contribution in [3.8, 4) is 11.5 Å². The van der Waals surface area contributed by atoms with E-state index in [1.54, 1.807) is 17.0 Å². The number of aromatic nitrogens is 2. The largest absolute Gasteiger partial charge is 0.486 e. The number of ether oxygens (including phenoxy) is 4. The number of hydrogen-bond acceptors (Lipinski definition) is 8. The van der Waals surface area contributed by atoms with Crippen molar-refractivity contribution in [3.63, 3.8) is 0 Å². The minimum atomic E-state index is -0.685. The van der Waals surface area contributed by atoms with Gasteiger partial charge >= 0.3 is 6.09 Å². The molecule has 9 nitrogen and oxygen atoms in total. The first-order chi connectivity index (χ1) is 19.1. The first kappa shape index (κ1) is 28.4. The van der Waals surface area contributed by atoms with Crippen LogP contribution in [0.25, 0.3) is 10.9 Å². The van der Waals surface area contributed by atoms with Crippen LogP contribution in [0.5, 0.6) is 11.5 Å². The van der Waals surface area contributed by atoms with Gasteiger partial charge in [-0.05, 0) is 39.0 Å². The minimum absolute atomic E-state index is 0.112. The number of halogens is 3. The van der Waals surface area contributed by atoms with Crippen LogP contribution >= 0.6 is 23.2 Å². The Morgan fingerprint density at radius 3 is 2.50 bits per heavy atom. The maximum Gasteiger partial charge on any atom is 0.410 e. The molecule has 214 valence electrons. The maximum absolute atomic E-state index is 14.8. The first-order valence-corrected chi connectivity index (χ1v) is 13.9. The van der Waals surface area contributed by atoms with Crippen LogP contribution in [0.2, 0.25) is 10.0 Å². The van der Waals surface area contributed by atoms with Crippen LogP contribution in [0.15, 0.2) is 30.6 Å². The van der Waals surface area contributed by atoms with E-state index in [0.717, 1.165) is 6.42 Å². The average molecular weight is 593 g/mol. The van der Waals surface area contributed by atoms with Crippen molar-refractivity contribution in [2.75, 3.05) is 31.6 Å². The molecule has 12 heteroatoms. The van der Waals surface area contributed by atoms with Gasteiger partial charge in [-0.3, -0.25) is 0 Å². The molecular formula is C28H31Cl2FN4O5. The van der Waals surface area contributed by atoms with Crippen molar-refractivity contribution in [1.82, 2.24) is 14.9 Å². The van der Waals surface area contributed by atoms with Gasteiger partial charge in [0.05, 0.1) is 34.5 Å². The third-order valence-corrected chi connectivity index (χ3v) is 7.34. The van der Waals surface area contributed by atoms with Gasteiger partial charge < -0.3 is 29.2 Å². The third kappa shape index (κ3) is 6.62. The fourth-order valence-electron chi connectivity index (χ4n) is 4.55. The number of fused-ring (bicyclic) bond motifs is 1. The second kappa shape index (κ2) is 11.8. The number of piperidine rings is 1. The van der Waals surface area contributed by atoms with Crippen molar-refractivity contribution >= 4 is 51.7 Å². The Bertz CT molecular complexity index is 1390. The summed E-state index contributed by atoms with van der Waals surface area (Å²) in [5.74, 6) is 0.712. The molecule has 3 aromatic rings. The summed E-state index contributed by atoms with van der Waals surface area (Å²) in [4.78, 5) is 22.9. The highest BCUT2D eigenvalue weighted by Gasteiger charge is 2.29. The molecule has 0 aliphatic carbocycles. The maximum atomic E-state index is 14.8. The zero-order valence-electron chi connectivity index (χ0n) is 22.5. The summed E-state index contributed by atoms with van der Waals surface area (Å²) < 4.78 is 38.5. The fourth-order valence-corrected chi connectivity index (χ4v) is 4.86. The molecule has 2 fully saturated rings. The lowest BCUT2D eigenvalue weighted by Gasteiger charge is -2.33. The van der Waals surface area contributed by atoms with E-state index in [0.29, 0.717) is 67.4 Å². The molecule has 1 aromatic heterocycles. The van der Waals surface area contributed by atoms with Gasteiger partial charge in [-0.15, -0.1) is 0 Å². The number of hydrogen-bond donors (Lipinski definition) is 1. The predicted molar refractivity (Wildman–Crippen MR) is 151 cm³/mol. The molecule has 2 aliphatic heterocycles. The van der Waals surface area contributed by atoms with Gasteiger partial charge in [0.1, 0.15) is 30.0 Å². The van der Waals surface area contributed by atoms with Crippen molar-refractivity contribution < 1.29 is 28.1 Å². The van der Waals surface area contributed by atoms with Gasteiger partial charge in [-0.25, -0.2) is 19.2 Å². The number of nitrogens with zero attached hydrogens (tertiary/aromatic N) is 3. The van der Waals surface area contributed by atoms with Gasteiger partial charge in [0.25, 0.3) is 0 Å². The lowest BCUT2D eigenvalue weighted by molar-refractivity contribution is 0.0122. The Morgan fingerprint density at radius 2 is 1.80 bits per heavy atom. The molecule has 0 unspecified atom stereocenters. The molecule has 3 heterocycles. The predicted octanol–water partition coefficient (Wildman–Crippen LogP) is 6.77. The smallest absolute Gasteiger partial charge is 0.410 e. The van der Waals surface area contributed by atoms with Gasteiger partial charge in [0, 0.05) is 43.8 Å². The lowest BCUT2D eigenvalue weighted by atomic mass is 10.1. The molecule has 1 atom stereocenters. The number of benzene rings is 2. The number of carbonyl (C=O) groups excluding carboxylic acids is 1. The summed E-state index contributed by atoms with van der Waals surface area (Å²) in [6.45, 7) is 7.67. The molecule has 40 heavy (non-hydrogen) atoms. The van der Waals surface area contributed by atoms with E-state index in [2.05, 4.69) is 15.3 Å². The Balaban J connectivity index is 1.41. The number of amides is 1. The van der Waals surface area contributed by atoms with Crippen molar-refractivity contribution in [3.05, 3.63) is 46.5 Å². The Labute approximate surface area is 241 Å². The molecule has 0 saturated carbocycles. The third-order valence-electron chi connectivity index (χ3n) is 6.56. The summed E-state index contributed by atoms with van der Waals surface area (Å²) in [5, 5.41) is 3.54. The van der Waals surface area contributed by atoms with Crippen LogP contribution in [0, 0.1) is 5.82 Å². The summed E-state index contributed by atoms with van der Waals surface area (Å²) in [5.41, 5.74) is 0.147. The minimum Gasteiger partial charge on any atom is -0.486 e. The van der Waals surface area contributed by atoms with E-state index in [1.807, 2.05) is 20.8 Å². The summed E-state index contributed by atoms with van der Waals surface area (Å²) in [6.07, 6.45) is 2.78. The second-order valence-electron chi connectivity index (χ2n) is 10.8. The number of rotatable bonds is 6. The molecule has 0 spiro atoms. The highest BCUT2D eigenvalue weighted by atomic mass is 35.5. The van der Waals surface area contributed by atoms with Gasteiger partial charge in [0.2, 0.25) is 0 Å². The van der Waals surface area contributed by atoms with E-state index in [1.165, 1.54) is 18.5 Å². The van der Waals surface area contributed by atoms with E-state index in [-0.39, 0.29) is 34.0 Å². The Kier molecular flexibility index (Phi) is 8.39. The zero-order chi connectivity index (χ0) is 28.4. The summed E-state index contributed by atoms with van der Waals surface area (Å²) >= 11 is 12.0. The zero-order valence-corrected chi connectivity index (χ0v) is 24.0. The average Bonchev–Trinajstić information content (AvgIpc) is 3.42. The second-order valence-corrected chi connectivity index (χ2v) is 11.6. The number of carbonyl (C=O) groups is 1. The van der Waals surface area contributed by atoms with Crippen LogP contribution in [0.1, 0.15) is 40.0 Å². The van der Waals surface area contributed by atoms with Crippen molar-refractivity contribution in [2.24, 2.45) is 0 Å². The molecule has 0 radical (unpaired) electrons. The summed E-state index contributed by atoms with van der Waals surface area (Å²) in [7, 11) is 0. The van der Waals surface area contributed by atoms with Gasteiger partial charge in [-0.2, -0.15) is 0 Å². The molecule has 1 amide bonds. The van der Waals surface area contributed by atoms with E-state index in [4.69, 9.17) is 42.1 Å².